The van der Waals surface area contributed by atoms with E-state index in [0.717, 1.165) is 0 Å². The second kappa shape index (κ2) is 19.9. The van der Waals surface area contributed by atoms with Crippen LogP contribution < -0.4 is 10.6 Å². The summed E-state index contributed by atoms with van der Waals surface area (Å²) in [6, 6.07) is 14.5. The van der Waals surface area contributed by atoms with Gasteiger partial charge in [0.2, 0.25) is 17.8 Å². The van der Waals surface area contributed by atoms with Crippen LogP contribution in [0, 0.1) is 30.3 Å². The number of nitrogens with zero attached hydrogens (tertiary/aromatic N) is 7. The SMILES string of the molecule is CN(C(=O)CN/C(=N\C(=O)OCc1ccc([N+](=O)[O-])cc1)NC(=O)OCc1ccc([N+](=O)[O-])cc1)C1CN(C(=O)[C@@H]2C[C@H](S)CN2C(=O)OCc2ccc([N+](=O)[O-])cc2)C1. The van der Waals surface area contributed by atoms with Crippen LogP contribution in [0.5, 0.6) is 0 Å². The minimum absolute atomic E-state index is 0.116. The Labute approximate surface area is 345 Å². The number of thiol groups is 1. The van der Waals surface area contributed by atoms with E-state index in [4.69, 9.17) is 14.2 Å². The predicted molar refractivity (Wildman–Crippen MR) is 209 cm³/mol. The number of nitrogens with one attached hydrogen (secondary N) is 2. The fourth-order valence-corrected chi connectivity index (χ4v) is 6.24. The van der Waals surface area contributed by atoms with Crippen molar-refractivity contribution in [2.24, 2.45) is 4.99 Å². The third kappa shape index (κ3) is 11.8. The molecule has 2 atom stereocenters. The summed E-state index contributed by atoms with van der Waals surface area (Å²) >= 11 is 4.46. The lowest BCUT2D eigenvalue weighted by Crippen LogP contribution is -2.64. The molecule has 0 aliphatic carbocycles. The van der Waals surface area contributed by atoms with Gasteiger partial charge in [0.05, 0.1) is 27.4 Å². The molecule has 316 valence electrons. The molecular formula is C36H37N9O14S. The number of guanidine groups is 1. The average Bonchev–Trinajstić information content (AvgIpc) is 3.61. The fraction of sp³-hybridized carbons (Fsp3) is 0.333. The molecule has 2 aliphatic rings. The number of nitro benzene ring substituents is 3. The predicted octanol–water partition coefficient (Wildman–Crippen LogP) is 3.30. The van der Waals surface area contributed by atoms with Crippen LogP contribution in [0.25, 0.3) is 0 Å². The first-order valence-electron chi connectivity index (χ1n) is 17.9. The maximum absolute atomic E-state index is 13.5. The average molecular weight is 852 g/mol. The van der Waals surface area contributed by atoms with E-state index < -0.39 is 63.5 Å². The molecule has 0 saturated carbocycles. The first-order valence-corrected chi connectivity index (χ1v) is 18.4. The van der Waals surface area contributed by atoms with Crippen LogP contribution in [0.1, 0.15) is 23.1 Å². The summed E-state index contributed by atoms with van der Waals surface area (Å²) in [5.41, 5.74) is 0.846. The van der Waals surface area contributed by atoms with Gasteiger partial charge in [-0.3, -0.25) is 50.1 Å². The number of carbonyl (C=O) groups excluding carboxylic acids is 5. The van der Waals surface area contributed by atoms with Gasteiger partial charge in [-0.15, -0.1) is 4.99 Å². The second-order valence-electron chi connectivity index (χ2n) is 13.4. The van der Waals surface area contributed by atoms with Gasteiger partial charge in [0.1, 0.15) is 25.9 Å². The Morgan fingerprint density at radius 1 is 0.750 bits per heavy atom. The van der Waals surface area contributed by atoms with Gasteiger partial charge in [-0.25, -0.2) is 14.4 Å². The number of rotatable bonds is 13. The molecule has 2 N–H and O–H groups in total. The molecule has 5 amide bonds. The first kappa shape index (κ1) is 43.7. The molecule has 0 bridgehead atoms. The molecule has 3 aromatic rings. The minimum atomic E-state index is -1.21. The summed E-state index contributed by atoms with van der Waals surface area (Å²) < 4.78 is 15.6. The first-order chi connectivity index (χ1) is 28.6. The Balaban J connectivity index is 1.14. The smallest absolute Gasteiger partial charge is 0.437 e. The van der Waals surface area contributed by atoms with Gasteiger partial charge in [-0.2, -0.15) is 12.6 Å². The van der Waals surface area contributed by atoms with E-state index >= 15 is 0 Å². The number of hydrogen-bond donors (Lipinski definition) is 3. The molecule has 24 heteroatoms. The van der Waals surface area contributed by atoms with Crippen LogP contribution >= 0.6 is 12.6 Å². The number of hydrogen-bond acceptors (Lipinski definition) is 15. The molecular weight excluding hydrogens is 815 g/mol. The lowest BCUT2D eigenvalue weighted by molar-refractivity contribution is -0.385. The number of non-ortho nitro benzene ring substituents is 3. The van der Waals surface area contributed by atoms with Crippen LogP contribution in [-0.4, -0.2) is 116 Å². The normalized spacial score (nSPS) is 16.2. The van der Waals surface area contributed by atoms with E-state index in [1.165, 1.54) is 94.5 Å². The van der Waals surface area contributed by atoms with Crippen molar-refractivity contribution in [1.29, 1.82) is 0 Å². The van der Waals surface area contributed by atoms with Gasteiger partial charge in [-0.1, -0.05) is 0 Å². The third-order valence-corrected chi connectivity index (χ3v) is 9.65. The number of amides is 5. The van der Waals surface area contributed by atoms with E-state index in [1.54, 1.807) is 0 Å². The molecule has 60 heavy (non-hydrogen) atoms. The maximum atomic E-state index is 13.5. The molecule has 0 unspecified atom stereocenters. The molecule has 0 spiro atoms. The highest BCUT2D eigenvalue weighted by Gasteiger charge is 2.45. The Morgan fingerprint density at radius 3 is 1.70 bits per heavy atom. The zero-order valence-electron chi connectivity index (χ0n) is 31.6. The maximum Gasteiger partial charge on any atom is 0.437 e. The van der Waals surface area contributed by atoms with Crippen LogP contribution in [0.4, 0.5) is 31.4 Å². The lowest BCUT2D eigenvalue weighted by Gasteiger charge is -2.45. The molecule has 3 aromatic carbocycles. The van der Waals surface area contributed by atoms with E-state index in [-0.39, 0.29) is 74.1 Å². The quantitative estimate of drug-likeness (QED) is 0.0555. The van der Waals surface area contributed by atoms with Crippen molar-refractivity contribution in [2.75, 3.05) is 33.2 Å². The van der Waals surface area contributed by atoms with Crippen molar-refractivity contribution in [3.05, 3.63) is 120 Å². The topological polar surface area (TPSA) is 289 Å². The van der Waals surface area contributed by atoms with Crippen LogP contribution in [0.2, 0.25) is 0 Å². The van der Waals surface area contributed by atoms with E-state index in [2.05, 4.69) is 28.3 Å². The molecule has 2 fully saturated rings. The highest BCUT2D eigenvalue weighted by Crippen LogP contribution is 2.27. The van der Waals surface area contributed by atoms with Gasteiger partial charge in [0, 0.05) is 68.3 Å². The minimum Gasteiger partial charge on any atom is -0.445 e. The monoisotopic (exact) mass is 851 g/mol. The Kier molecular flexibility index (Phi) is 14.5. The van der Waals surface area contributed by atoms with Crippen molar-refractivity contribution >= 4 is 65.7 Å². The summed E-state index contributed by atoms with van der Waals surface area (Å²) in [5.74, 6) is -1.44. The summed E-state index contributed by atoms with van der Waals surface area (Å²) in [7, 11) is 1.48. The van der Waals surface area contributed by atoms with Crippen LogP contribution in [0.15, 0.2) is 77.8 Å². The standard InChI is InChI=1S/C36H37N9O14S/c1-40(28-16-41(17-28)32(47)30-14-29(60)18-42(30)36(50)59-21-24-6-12-27(13-7-24)45(55)56)31(46)15-37-33(38-34(48)57-19-22-2-8-25(9-3-22)43(51)52)39-35(49)58-20-23-4-10-26(11-5-23)44(53)54/h2-13,28-30,60H,14-21H2,1H3,(H2,37,38,39,48,49)/t29-,30-/m0/s1. The van der Waals surface area contributed by atoms with Gasteiger partial charge in [0.15, 0.2) is 0 Å². The second-order valence-corrected chi connectivity index (χ2v) is 14.1. The molecule has 0 radical (unpaired) electrons. The third-order valence-electron chi connectivity index (χ3n) is 9.28. The van der Waals surface area contributed by atoms with Gasteiger partial charge >= 0.3 is 18.3 Å². The Bertz CT molecular complexity index is 2150. The summed E-state index contributed by atoms with van der Waals surface area (Å²) in [5, 5.41) is 37.2. The van der Waals surface area contributed by atoms with Crippen molar-refractivity contribution < 1.29 is 53.0 Å². The van der Waals surface area contributed by atoms with E-state index in [9.17, 15) is 54.3 Å². The van der Waals surface area contributed by atoms with E-state index in [0.29, 0.717) is 16.7 Å². The highest BCUT2D eigenvalue weighted by molar-refractivity contribution is 7.81. The zero-order valence-corrected chi connectivity index (χ0v) is 32.5. The molecule has 23 nitrogen and oxygen atoms in total. The van der Waals surface area contributed by atoms with Gasteiger partial charge in [0.25, 0.3) is 17.1 Å². The summed E-state index contributed by atoms with van der Waals surface area (Å²) in [6.45, 7) is -0.937. The highest BCUT2D eigenvalue weighted by atomic mass is 32.1. The number of carbonyl (C=O) groups is 5. The van der Waals surface area contributed by atoms with Crippen molar-refractivity contribution in [3.8, 4) is 0 Å². The molecule has 2 saturated heterocycles. The molecule has 0 aromatic heterocycles. The number of benzene rings is 3. The lowest BCUT2D eigenvalue weighted by atomic mass is 10.0. The Morgan fingerprint density at radius 2 is 1.22 bits per heavy atom. The number of alkyl carbamates (subject to hydrolysis) is 1. The van der Waals surface area contributed by atoms with E-state index in [1.807, 2.05) is 0 Å². The summed E-state index contributed by atoms with van der Waals surface area (Å²) in [6.07, 6.45) is -2.82. The summed E-state index contributed by atoms with van der Waals surface area (Å²) in [4.78, 5) is 104. The number of likely N-dealkylation sites (tertiary alicyclic amines) is 2. The molecule has 2 heterocycles. The number of likely N-dealkylation sites (N-methyl/N-ethyl adjacent to an activating group) is 1. The van der Waals surface area contributed by atoms with Crippen molar-refractivity contribution in [3.63, 3.8) is 0 Å². The van der Waals surface area contributed by atoms with Crippen molar-refractivity contribution in [2.45, 2.75) is 43.6 Å². The molecule has 2 aliphatic heterocycles. The number of aliphatic imine (C=N–C) groups is 1. The van der Waals surface area contributed by atoms with Gasteiger partial charge < -0.3 is 29.3 Å². The number of nitro groups is 3. The van der Waals surface area contributed by atoms with Crippen LogP contribution in [-0.2, 0) is 43.6 Å². The van der Waals surface area contributed by atoms with Gasteiger partial charge in [-0.05, 0) is 59.5 Å². The Hall–Kier alpha value is -7.37. The van der Waals surface area contributed by atoms with Crippen molar-refractivity contribution in [1.82, 2.24) is 25.3 Å². The fourth-order valence-electron chi connectivity index (χ4n) is 5.86. The zero-order chi connectivity index (χ0) is 43.5. The number of ether oxygens (including phenoxy) is 3. The molecule has 5 rings (SSSR count). The van der Waals surface area contributed by atoms with Crippen LogP contribution in [0.3, 0.4) is 0 Å². The largest absolute Gasteiger partial charge is 0.445 e.